The molecule has 0 amide bonds. The number of halogens is 9. The Labute approximate surface area is 149 Å². The number of ether oxygens (including phenoxy) is 2. The molecule has 0 unspecified atom stereocenters. The van der Waals surface area contributed by atoms with Gasteiger partial charge in [-0.1, -0.05) is 0 Å². The highest BCUT2D eigenvalue weighted by molar-refractivity contribution is 5.89. The molecule has 1 aromatic carbocycles. The molecule has 0 aliphatic carbocycles. The first-order valence-corrected chi connectivity index (χ1v) is 6.89. The lowest BCUT2D eigenvalue weighted by atomic mass is 10.0. The van der Waals surface area contributed by atoms with Crippen LogP contribution in [0.4, 0.5) is 39.5 Å². The normalized spacial score (nSPS) is 13.2. The van der Waals surface area contributed by atoms with Crippen molar-refractivity contribution in [2.75, 3.05) is 13.2 Å². The summed E-state index contributed by atoms with van der Waals surface area (Å²) in [6.07, 6.45) is -17.5. The average molecular weight is 428 g/mol. The Morgan fingerprint density at radius 2 is 1.21 bits per heavy atom. The van der Waals surface area contributed by atoms with Gasteiger partial charge in [0.05, 0.1) is 11.1 Å². The molecule has 5 nitrogen and oxygen atoms in total. The van der Waals surface area contributed by atoms with Crippen molar-refractivity contribution in [1.82, 2.24) is 0 Å². The van der Waals surface area contributed by atoms with Gasteiger partial charge < -0.3 is 14.6 Å². The number of carbonyl (C=O) groups excluding carboxylic acids is 2. The SMILES string of the molecule is O=C(OCCOC(=O)C(O)(C(F)(F)F)C(F)(F)F)c1ccc(C(F)(F)F)cc1. The summed E-state index contributed by atoms with van der Waals surface area (Å²) in [5, 5.41) is 8.71. The summed E-state index contributed by atoms with van der Waals surface area (Å²) < 4.78 is 119. The Bertz CT molecular complexity index is 690. The van der Waals surface area contributed by atoms with Crippen LogP contribution >= 0.6 is 0 Å². The zero-order chi connectivity index (χ0) is 22.0. The molecular formula is C14H9F9O5. The highest BCUT2D eigenvalue weighted by Gasteiger charge is 2.76. The molecule has 0 fully saturated rings. The third-order valence-corrected chi connectivity index (χ3v) is 3.11. The maximum atomic E-state index is 12.4. The summed E-state index contributed by atoms with van der Waals surface area (Å²) in [5.41, 5.74) is -7.28. The monoisotopic (exact) mass is 428 g/mol. The lowest BCUT2D eigenvalue weighted by Crippen LogP contribution is -2.63. The number of hydrogen-bond acceptors (Lipinski definition) is 5. The van der Waals surface area contributed by atoms with Crippen LogP contribution in [0.1, 0.15) is 15.9 Å². The van der Waals surface area contributed by atoms with Crippen LogP contribution in [0.3, 0.4) is 0 Å². The maximum absolute atomic E-state index is 12.4. The van der Waals surface area contributed by atoms with Crippen molar-refractivity contribution in [1.29, 1.82) is 0 Å². The third-order valence-electron chi connectivity index (χ3n) is 3.11. The van der Waals surface area contributed by atoms with Gasteiger partial charge in [0.2, 0.25) is 0 Å². The Morgan fingerprint density at radius 3 is 1.61 bits per heavy atom. The molecule has 1 rings (SSSR count). The van der Waals surface area contributed by atoms with E-state index in [1.807, 2.05) is 0 Å². The molecule has 0 atom stereocenters. The minimum Gasteiger partial charge on any atom is -0.459 e. The van der Waals surface area contributed by atoms with E-state index in [9.17, 15) is 49.1 Å². The molecule has 0 heterocycles. The van der Waals surface area contributed by atoms with Crippen LogP contribution in [-0.2, 0) is 20.4 Å². The van der Waals surface area contributed by atoms with E-state index < -0.39 is 60.4 Å². The van der Waals surface area contributed by atoms with Crippen LogP contribution < -0.4 is 0 Å². The standard InChI is InChI=1S/C14H9F9O5/c15-12(16,17)8-3-1-7(2-4-8)9(24)27-5-6-28-10(25)11(26,13(18,19)20)14(21,22)23/h1-4,26H,5-6H2. The third kappa shape index (κ3) is 5.05. The van der Waals surface area contributed by atoms with E-state index in [1.54, 1.807) is 0 Å². The topological polar surface area (TPSA) is 72.8 Å². The smallest absolute Gasteiger partial charge is 0.437 e. The van der Waals surface area contributed by atoms with E-state index in [2.05, 4.69) is 9.47 Å². The molecule has 1 aromatic rings. The van der Waals surface area contributed by atoms with Crippen LogP contribution in [0.15, 0.2) is 24.3 Å². The first-order valence-electron chi connectivity index (χ1n) is 6.89. The van der Waals surface area contributed by atoms with Crippen LogP contribution in [0.25, 0.3) is 0 Å². The number of aliphatic hydroxyl groups is 1. The van der Waals surface area contributed by atoms with Crippen LogP contribution in [0, 0.1) is 0 Å². The second-order valence-electron chi connectivity index (χ2n) is 5.05. The molecule has 158 valence electrons. The lowest BCUT2D eigenvalue weighted by Gasteiger charge is -2.29. The quantitative estimate of drug-likeness (QED) is 0.443. The molecule has 0 spiro atoms. The summed E-state index contributed by atoms with van der Waals surface area (Å²) in [5.74, 6) is -4.37. The van der Waals surface area contributed by atoms with E-state index in [-0.39, 0.29) is 0 Å². The van der Waals surface area contributed by atoms with Gasteiger partial charge in [0.1, 0.15) is 13.2 Å². The summed E-state index contributed by atoms with van der Waals surface area (Å²) in [7, 11) is 0. The second-order valence-corrected chi connectivity index (χ2v) is 5.05. The number of alkyl halides is 9. The molecule has 14 heteroatoms. The minimum absolute atomic E-state index is 0.415. The van der Waals surface area contributed by atoms with Gasteiger partial charge in [-0.15, -0.1) is 0 Å². The lowest BCUT2D eigenvalue weighted by molar-refractivity contribution is -0.357. The zero-order valence-corrected chi connectivity index (χ0v) is 13.2. The van der Waals surface area contributed by atoms with Crippen LogP contribution in [0.2, 0.25) is 0 Å². The molecule has 0 aromatic heterocycles. The fraction of sp³-hybridized carbons (Fsp3) is 0.429. The highest BCUT2D eigenvalue weighted by atomic mass is 19.4. The Balaban J connectivity index is 2.64. The van der Waals surface area contributed by atoms with Crippen molar-refractivity contribution in [3.05, 3.63) is 35.4 Å². The molecular weight excluding hydrogens is 419 g/mol. The number of benzene rings is 1. The predicted octanol–water partition coefficient (Wildman–Crippen LogP) is 3.26. The highest BCUT2D eigenvalue weighted by Crippen LogP contribution is 2.43. The van der Waals surface area contributed by atoms with Crippen LogP contribution in [0.5, 0.6) is 0 Å². The molecule has 1 N–H and O–H groups in total. The Kier molecular flexibility index (Phi) is 6.60. The van der Waals surface area contributed by atoms with Gasteiger partial charge in [-0.2, -0.15) is 39.5 Å². The van der Waals surface area contributed by atoms with Gasteiger partial charge in [0, 0.05) is 0 Å². The van der Waals surface area contributed by atoms with E-state index in [0.29, 0.717) is 24.3 Å². The summed E-state index contributed by atoms with van der Waals surface area (Å²) in [6.45, 7) is -2.32. The van der Waals surface area contributed by atoms with E-state index >= 15 is 0 Å². The van der Waals surface area contributed by atoms with Gasteiger partial charge in [0.15, 0.2) is 0 Å². The Hall–Kier alpha value is -2.51. The number of rotatable bonds is 5. The predicted molar refractivity (Wildman–Crippen MR) is 69.7 cm³/mol. The molecule has 0 aliphatic rings. The summed E-state index contributed by atoms with van der Waals surface area (Å²) in [4.78, 5) is 22.6. The number of hydrogen-bond donors (Lipinski definition) is 1. The van der Waals surface area contributed by atoms with Crippen molar-refractivity contribution in [3.63, 3.8) is 0 Å². The first-order chi connectivity index (χ1) is 12.5. The zero-order valence-electron chi connectivity index (χ0n) is 13.2. The molecule has 0 aliphatic heterocycles. The van der Waals surface area contributed by atoms with Gasteiger partial charge in [0.25, 0.3) is 0 Å². The average Bonchev–Trinajstić information content (AvgIpc) is 2.54. The van der Waals surface area contributed by atoms with Gasteiger partial charge >= 0.3 is 36.1 Å². The van der Waals surface area contributed by atoms with Crippen molar-refractivity contribution >= 4 is 11.9 Å². The largest absolute Gasteiger partial charge is 0.459 e. The molecule has 0 saturated carbocycles. The first kappa shape index (κ1) is 23.5. The van der Waals surface area contributed by atoms with Gasteiger partial charge in [-0.05, 0) is 24.3 Å². The molecule has 0 bridgehead atoms. The number of esters is 2. The Morgan fingerprint density at radius 1 is 0.786 bits per heavy atom. The van der Waals surface area contributed by atoms with Crippen molar-refractivity contribution in [2.45, 2.75) is 24.1 Å². The van der Waals surface area contributed by atoms with Crippen LogP contribution in [-0.4, -0.2) is 48.2 Å². The molecule has 28 heavy (non-hydrogen) atoms. The number of carbonyl (C=O) groups is 2. The van der Waals surface area contributed by atoms with Gasteiger partial charge in [-0.25, -0.2) is 9.59 Å². The van der Waals surface area contributed by atoms with Crippen molar-refractivity contribution in [2.24, 2.45) is 0 Å². The van der Waals surface area contributed by atoms with E-state index in [0.717, 1.165) is 0 Å². The summed E-state index contributed by atoms with van der Waals surface area (Å²) in [6, 6.07) is 2.49. The second kappa shape index (κ2) is 7.85. The van der Waals surface area contributed by atoms with E-state index in [4.69, 9.17) is 5.11 Å². The summed E-state index contributed by atoms with van der Waals surface area (Å²) >= 11 is 0. The fourth-order valence-corrected chi connectivity index (χ4v) is 1.64. The van der Waals surface area contributed by atoms with Gasteiger partial charge in [-0.3, -0.25) is 0 Å². The fourth-order valence-electron chi connectivity index (χ4n) is 1.64. The van der Waals surface area contributed by atoms with E-state index in [1.165, 1.54) is 0 Å². The minimum atomic E-state index is -6.43. The molecule has 0 saturated heterocycles. The van der Waals surface area contributed by atoms with Crippen molar-refractivity contribution < 1.29 is 63.7 Å². The maximum Gasteiger partial charge on any atom is 0.437 e. The molecule has 0 radical (unpaired) electrons. The van der Waals surface area contributed by atoms with Crippen molar-refractivity contribution in [3.8, 4) is 0 Å².